The number of amides is 2. The Balaban J connectivity index is 0.00000225. The van der Waals surface area contributed by atoms with Gasteiger partial charge in [0.1, 0.15) is 6.04 Å². The summed E-state index contributed by atoms with van der Waals surface area (Å²) in [6.45, 7) is 1.80. The van der Waals surface area contributed by atoms with E-state index in [0.717, 1.165) is 16.0 Å². The van der Waals surface area contributed by atoms with Gasteiger partial charge in [0.2, 0.25) is 0 Å². The van der Waals surface area contributed by atoms with Crippen LogP contribution in [0.25, 0.3) is 0 Å². The quantitative estimate of drug-likeness (QED) is 0.814. The lowest BCUT2D eigenvalue weighted by molar-refractivity contribution is -0.138. The molecule has 0 saturated heterocycles. The average molecular weight is 361 g/mol. The van der Waals surface area contributed by atoms with Crippen LogP contribution in [0.15, 0.2) is 42.5 Å². The standard InChI is InChI=1S/C18H16N2O4.ClH/c1-10-3-2-4-13-15(10)17(22)20(16(13)21)12-7-5-11(6-8-12)9-14(19)18(23)24;/h2-8,14H,9,19H2,1H3,(H,23,24);1H/t14-;/m0./s1. The third kappa shape index (κ3) is 3.26. The number of carbonyl (C=O) groups excluding carboxylic acids is 2. The molecular weight excluding hydrogens is 344 g/mol. The number of hydrogen-bond acceptors (Lipinski definition) is 4. The Hall–Kier alpha value is -2.70. The van der Waals surface area contributed by atoms with Crippen molar-refractivity contribution in [3.8, 4) is 0 Å². The van der Waals surface area contributed by atoms with Crippen LogP contribution in [0, 0.1) is 6.92 Å². The molecule has 3 N–H and O–H groups in total. The van der Waals surface area contributed by atoms with E-state index in [0.29, 0.717) is 16.8 Å². The van der Waals surface area contributed by atoms with Gasteiger partial charge in [-0.05, 0) is 42.7 Å². The lowest BCUT2D eigenvalue weighted by Gasteiger charge is -2.15. The predicted octanol–water partition coefficient (Wildman–Crippen LogP) is 2.17. The molecule has 7 heteroatoms. The van der Waals surface area contributed by atoms with E-state index in [-0.39, 0.29) is 30.6 Å². The van der Waals surface area contributed by atoms with Gasteiger partial charge in [0, 0.05) is 0 Å². The summed E-state index contributed by atoms with van der Waals surface area (Å²) in [5.41, 5.74) is 8.28. The van der Waals surface area contributed by atoms with E-state index in [1.165, 1.54) is 0 Å². The Morgan fingerprint density at radius 2 is 1.76 bits per heavy atom. The molecule has 0 fully saturated rings. The van der Waals surface area contributed by atoms with Crippen molar-refractivity contribution in [2.24, 2.45) is 5.73 Å². The van der Waals surface area contributed by atoms with Gasteiger partial charge in [-0.1, -0.05) is 24.3 Å². The summed E-state index contributed by atoms with van der Waals surface area (Å²) >= 11 is 0. The number of nitrogens with zero attached hydrogens (tertiary/aromatic N) is 1. The van der Waals surface area contributed by atoms with Crippen molar-refractivity contribution in [3.63, 3.8) is 0 Å². The number of imide groups is 1. The zero-order valence-electron chi connectivity index (χ0n) is 13.4. The summed E-state index contributed by atoms with van der Waals surface area (Å²) in [7, 11) is 0. The number of carboxylic acids is 1. The minimum atomic E-state index is -1.07. The van der Waals surface area contributed by atoms with E-state index >= 15 is 0 Å². The molecule has 2 aromatic carbocycles. The number of hydrogen-bond donors (Lipinski definition) is 2. The second kappa shape index (κ2) is 7.04. The number of fused-ring (bicyclic) bond motifs is 1. The molecule has 1 heterocycles. The normalized spacial score (nSPS) is 14.1. The number of nitrogens with two attached hydrogens (primary N) is 1. The number of benzene rings is 2. The Bertz CT molecular complexity index is 849. The van der Waals surface area contributed by atoms with Crippen molar-refractivity contribution >= 4 is 35.9 Å². The van der Waals surface area contributed by atoms with E-state index in [9.17, 15) is 14.4 Å². The number of aliphatic carboxylic acids is 1. The molecule has 2 aromatic rings. The fourth-order valence-electron chi connectivity index (χ4n) is 2.81. The molecule has 0 aliphatic carbocycles. The van der Waals surface area contributed by atoms with Gasteiger partial charge in [-0.15, -0.1) is 12.4 Å². The summed E-state index contributed by atoms with van der Waals surface area (Å²) in [6, 6.07) is 10.8. The summed E-state index contributed by atoms with van der Waals surface area (Å²) in [5.74, 6) is -1.77. The molecule has 1 aliphatic heterocycles. The third-order valence-corrected chi connectivity index (χ3v) is 4.09. The number of halogens is 1. The molecule has 2 amide bonds. The molecule has 6 nitrogen and oxygen atoms in total. The number of carbonyl (C=O) groups is 3. The second-order valence-corrected chi connectivity index (χ2v) is 5.76. The van der Waals surface area contributed by atoms with Crippen LogP contribution in [0.5, 0.6) is 0 Å². The van der Waals surface area contributed by atoms with Gasteiger partial charge in [-0.3, -0.25) is 14.4 Å². The maximum absolute atomic E-state index is 12.6. The lowest BCUT2D eigenvalue weighted by Crippen LogP contribution is -2.32. The maximum atomic E-state index is 12.6. The van der Waals surface area contributed by atoms with Crippen LogP contribution < -0.4 is 10.6 Å². The van der Waals surface area contributed by atoms with Crippen LogP contribution in [0.1, 0.15) is 31.8 Å². The highest BCUT2D eigenvalue weighted by Gasteiger charge is 2.37. The highest BCUT2D eigenvalue weighted by molar-refractivity contribution is 6.34. The SMILES string of the molecule is Cc1cccc2c1C(=O)N(c1ccc(C[C@H](N)C(=O)O)cc1)C2=O.Cl. The molecule has 0 spiro atoms. The Morgan fingerprint density at radius 3 is 2.32 bits per heavy atom. The monoisotopic (exact) mass is 360 g/mol. The molecule has 0 saturated carbocycles. The molecule has 1 aliphatic rings. The molecule has 0 aromatic heterocycles. The fraction of sp³-hybridized carbons (Fsp3) is 0.167. The van der Waals surface area contributed by atoms with Gasteiger partial charge in [-0.25, -0.2) is 4.90 Å². The molecule has 1 atom stereocenters. The maximum Gasteiger partial charge on any atom is 0.320 e. The number of rotatable bonds is 4. The Morgan fingerprint density at radius 1 is 1.12 bits per heavy atom. The summed E-state index contributed by atoms with van der Waals surface area (Å²) in [4.78, 5) is 37.0. The van der Waals surface area contributed by atoms with E-state index in [4.69, 9.17) is 10.8 Å². The molecule has 0 radical (unpaired) electrons. The minimum absolute atomic E-state index is 0. The van der Waals surface area contributed by atoms with Crippen molar-refractivity contribution < 1.29 is 19.5 Å². The number of aryl methyl sites for hydroxylation is 1. The van der Waals surface area contributed by atoms with Gasteiger partial charge in [-0.2, -0.15) is 0 Å². The van der Waals surface area contributed by atoms with Gasteiger partial charge in [0.25, 0.3) is 11.8 Å². The average Bonchev–Trinajstić information content (AvgIpc) is 2.81. The first-order valence-electron chi connectivity index (χ1n) is 7.46. The number of anilines is 1. The van der Waals surface area contributed by atoms with Crippen LogP contribution in [-0.2, 0) is 11.2 Å². The molecule has 3 rings (SSSR count). The van der Waals surface area contributed by atoms with Crippen molar-refractivity contribution in [1.82, 2.24) is 0 Å². The molecule has 25 heavy (non-hydrogen) atoms. The van der Waals surface area contributed by atoms with Gasteiger partial charge >= 0.3 is 5.97 Å². The molecule has 0 bridgehead atoms. The summed E-state index contributed by atoms with van der Waals surface area (Å²) in [6.07, 6.45) is 0.177. The predicted molar refractivity (Wildman–Crippen MR) is 95.3 cm³/mol. The van der Waals surface area contributed by atoms with Crippen LogP contribution in [-0.4, -0.2) is 28.9 Å². The lowest BCUT2D eigenvalue weighted by atomic mass is 10.0. The first-order valence-corrected chi connectivity index (χ1v) is 7.46. The summed E-state index contributed by atoms with van der Waals surface area (Å²) in [5, 5.41) is 8.84. The van der Waals surface area contributed by atoms with E-state index in [1.54, 1.807) is 49.4 Å². The Labute approximate surface area is 150 Å². The van der Waals surface area contributed by atoms with Crippen LogP contribution >= 0.6 is 12.4 Å². The second-order valence-electron chi connectivity index (χ2n) is 5.76. The number of carboxylic acid groups (broad SMARTS) is 1. The van der Waals surface area contributed by atoms with Crippen molar-refractivity contribution in [1.29, 1.82) is 0 Å². The molecular formula is C18H17ClN2O4. The van der Waals surface area contributed by atoms with Gasteiger partial charge < -0.3 is 10.8 Å². The van der Waals surface area contributed by atoms with Crippen LogP contribution in [0.3, 0.4) is 0 Å². The van der Waals surface area contributed by atoms with Crippen molar-refractivity contribution in [2.75, 3.05) is 4.90 Å². The highest BCUT2D eigenvalue weighted by Crippen LogP contribution is 2.30. The highest BCUT2D eigenvalue weighted by atomic mass is 35.5. The van der Waals surface area contributed by atoms with Gasteiger partial charge in [0.15, 0.2) is 0 Å². The zero-order chi connectivity index (χ0) is 17.4. The van der Waals surface area contributed by atoms with E-state index < -0.39 is 12.0 Å². The molecule has 0 unspecified atom stereocenters. The van der Waals surface area contributed by atoms with E-state index in [2.05, 4.69) is 0 Å². The largest absolute Gasteiger partial charge is 0.480 e. The molecule has 130 valence electrons. The van der Waals surface area contributed by atoms with E-state index in [1.807, 2.05) is 0 Å². The smallest absolute Gasteiger partial charge is 0.320 e. The van der Waals surface area contributed by atoms with Crippen molar-refractivity contribution in [3.05, 3.63) is 64.7 Å². The van der Waals surface area contributed by atoms with Crippen LogP contribution in [0.2, 0.25) is 0 Å². The fourth-order valence-corrected chi connectivity index (χ4v) is 2.81. The van der Waals surface area contributed by atoms with Crippen molar-refractivity contribution in [2.45, 2.75) is 19.4 Å². The minimum Gasteiger partial charge on any atom is -0.480 e. The van der Waals surface area contributed by atoms with Gasteiger partial charge in [0.05, 0.1) is 16.8 Å². The first kappa shape index (κ1) is 18.6. The Kier molecular flexibility index (Phi) is 5.25. The summed E-state index contributed by atoms with van der Waals surface area (Å²) < 4.78 is 0. The third-order valence-electron chi connectivity index (χ3n) is 4.09. The zero-order valence-corrected chi connectivity index (χ0v) is 14.2. The first-order chi connectivity index (χ1) is 11.4. The van der Waals surface area contributed by atoms with Crippen LogP contribution in [0.4, 0.5) is 5.69 Å². The topological polar surface area (TPSA) is 101 Å².